The molecule has 1 saturated heterocycles. The van der Waals surface area contributed by atoms with Crippen LogP contribution in [0.3, 0.4) is 0 Å². The summed E-state index contributed by atoms with van der Waals surface area (Å²) in [5.74, 6) is 0.815. The van der Waals surface area contributed by atoms with Crippen LogP contribution in [0, 0.1) is 5.92 Å². The molecule has 0 bridgehead atoms. The van der Waals surface area contributed by atoms with E-state index in [1.807, 2.05) is 0 Å². The van der Waals surface area contributed by atoms with E-state index < -0.39 is 0 Å². The van der Waals surface area contributed by atoms with Crippen molar-refractivity contribution in [2.75, 3.05) is 19.7 Å². The summed E-state index contributed by atoms with van der Waals surface area (Å²) in [4.78, 5) is 2.45. The van der Waals surface area contributed by atoms with Gasteiger partial charge in [0.05, 0.1) is 6.61 Å². The van der Waals surface area contributed by atoms with Crippen LogP contribution < -0.4 is 0 Å². The Kier molecular flexibility index (Phi) is 4.74. The number of likely N-dealkylation sites (tertiary alicyclic amines) is 1. The summed E-state index contributed by atoms with van der Waals surface area (Å²) in [6, 6.07) is 0.465. The molecular formula is C11H23NO. The van der Waals surface area contributed by atoms with Crippen molar-refractivity contribution in [2.45, 2.75) is 45.6 Å². The summed E-state index contributed by atoms with van der Waals surface area (Å²) in [7, 11) is 0. The van der Waals surface area contributed by atoms with E-state index >= 15 is 0 Å². The van der Waals surface area contributed by atoms with Gasteiger partial charge in [-0.1, -0.05) is 13.8 Å². The minimum absolute atomic E-state index is 0.349. The molecule has 1 aliphatic heterocycles. The largest absolute Gasteiger partial charge is 0.395 e. The van der Waals surface area contributed by atoms with Gasteiger partial charge in [-0.25, -0.2) is 0 Å². The molecule has 0 aromatic carbocycles. The molecule has 0 aliphatic carbocycles. The Morgan fingerprint density at radius 2 is 2.23 bits per heavy atom. The van der Waals surface area contributed by atoms with Gasteiger partial charge in [0, 0.05) is 6.04 Å². The van der Waals surface area contributed by atoms with Crippen LogP contribution in [0.25, 0.3) is 0 Å². The predicted molar refractivity (Wildman–Crippen MR) is 55.8 cm³/mol. The SMILES string of the molecule is CC(C)CCCN1CCC[C@H]1CO. The number of aliphatic hydroxyl groups is 1. The first-order chi connectivity index (χ1) is 6.24. The van der Waals surface area contributed by atoms with Gasteiger partial charge in [-0.15, -0.1) is 0 Å². The Morgan fingerprint density at radius 3 is 2.85 bits per heavy atom. The maximum absolute atomic E-state index is 9.10. The van der Waals surface area contributed by atoms with E-state index in [9.17, 15) is 0 Å². The highest BCUT2D eigenvalue weighted by Crippen LogP contribution is 2.17. The Balaban J connectivity index is 2.13. The number of nitrogens with zero attached hydrogens (tertiary/aromatic N) is 1. The first kappa shape index (κ1) is 11.0. The third-order valence-corrected chi connectivity index (χ3v) is 2.94. The van der Waals surface area contributed by atoms with Crippen molar-refractivity contribution >= 4 is 0 Å². The minimum atomic E-state index is 0.349. The van der Waals surface area contributed by atoms with E-state index in [-0.39, 0.29) is 0 Å². The fraction of sp³-hybridized carbons (Fsp3) is 1.00. The van der Waals surface area contributed by atoms with Crippen LogP contribution in [0.4, 0.5) is 0 Å². The highest BCUT2D eigenvalue weighted by molar-refractivity contribution is 4.78. The van der Waals surface area contributed by atoms with E-state index in [1.165, 1.54) is 38.8 Å². The molecule has 1 heterocycles. The van der Waals surface area contributed by atoms with Crippen molar-refractivity contribution < 1.29 is 5.11 Å². The Labute approximate surface area is 81.9 Å². The van der Waals surface area contributed by atoms with Gasteiger partial charge < -0.3 is 5.11 Å². The van der Waals surface area contributed by atoms with Gasteiger partial charge in [-0.3, -0.25) is 4.90 Å². The summed E-state index contributed by atoms with van der Waals surface area (Å²) < 4.78 is 0. The lowest BCUT2D eigenvalue weighted by Gasteiger charge is -2.22. The fourth-order valence-electron chi connectivity index (χ4n) is 2.10. The molecule has 2 heteroatoms. The average Bonchev–Trinajstić information content (AvgIpc) is 2.51. The molecule has 1 fully saturated rings. The summed E-state index contributed by atoms with van der Waals surface area (Å²) in [5.41, 5.74) is 0. The molecular weight excluding hydrogens is 162 g/mol. The highest BCUT2D eigenvalue weighted by Gasteiger charge is 2.22. The molecule has 0 spiro atoms. The Bertz CT molecular complexity index is 136. The van der Waals surface area contributed by atoms with Crippen LogP contribution in [0.1, 0.15) is 39.5 Å². The minimum Gasteiger partial charge on any atom is -0.395 e. The maximum atomic E-state index is 9.10. The Morgan fingerprint density at radius 1 is 1.46 bits per heavy atom. The van der Waals surface area contributed by atoms with Gasteiger partial charge >= 0.3 is 0 Å². The van der Waals surface area contributed by atoms with Gasteiger partial charge in [0.1, 0.15) is 0 Å². The molecule has 0 aromatic heterocycles. The second kappa shape index (κ2) is 5.61. The summed E-state index contributed by atoms with van der Waals surface area (Å²) >= 11 is 0. The molecule has 1 N–H and O–H groups in total. The van der Waals surface area contributed by atoms with Crippen LogP contribution in [-0.4, -0.2) is 35.7 Å². The molecule has 1 atom stereocenters. The molecule has 13 heavy (non-hydrogen) atoms. The van der Waals surface area contributed by atoms with Gasteiger partial charge in [0.25, 0.3) is 0 Å². The zero-order chi connectivity index (χ0) is 9.68. The smallest absolute Gasteiger partial charge is 0.0586 e. The van der Waals surface area contributed by atoms with Crippen molar-refractivity contribution in [1.29, 1.82) is 0 Å². The normalized spacial score (nSPS) is 24.5. The predicted octanol–water partition coefficient (Wildman–Crippen LogP) is 1.88. The number of aliphatic hydroxyl groups excluding tert-OH is 1. The van der Waals surface area contributed by atoms with E-state index in [0.717, 1.165) is 5.92 Å². The maximum Gasteiger partial charge on any atom is 0.0586 e. The van der Waals surface area contributed by atoms with E-state index in [2.05, 4.69) is 18.7 Å². The van der Waals surface area contributed by atoms with Gasteiger partial charge in [-0.2, -0.15) is 0 Å². The number of hydrogen-bond acceptors (Lipinski definition) is 2. The van der Waals surface area contributed by atoms with Gasteiger partial charge in [-0.05, 0) is 44.7 Å². The Hall–Kier alpha value is -0.0800. The quantitative estimate of drug-likeness (QED) is 0.707. The zero-order valence-electron chi connectivity index (χ0n) is 9.00. The van der Waals surface area contributed by atoms with Gasteiger partial charge in [0.2, 0.25) is 0 Å². The number of rotatable bonds is 5. The second-order valence-electron chi connectivity index (χ2n) is 4.55. The lowest BCUT2D eigenvalue weighted by atomic mass is 10.1. The van der Waals surface area contributed by atoms with Crippen molar-refractivity contribution in [1.82, 2.24) is 4.90 Å². The highest BCUT2D eigenvalue weighted by atomic mass is 16.3. The molecule has 2 nitrogen and oxygen atoms in total. The fourth-order valence-corrected chi connectivity index (χ4v) is 2.10. The molecule has 78 valence electrons. The molecule has 0 radical (unpaired) electrons. The van der Waals surface area contributed by atoms with Crippen molar-refractivity contribution in [3.63, 3.8) is 0 Å². The third kappa shape index (κ3) is 3.65. The molecule has 1 aliphatic rings. The van der Waals surface area contributed by atoms with Crippen LogP contribution >= 0.6 is 0 Å². The first-order valence-corrected chi connectivity index (χ1v) is 5.59. The average molecular weight is 185 g/mol. The topological polar surface area (TPSA) is 23.5 Å². The summed E-state index contributed by atoms with van der Waals surface area (Å²) in [6.07, 6.45) is 5.06. The molecule has 0 saturated carbocycles. The molecule has 0 amide bonds. The number of hydrogen-bond donors (Lipinski definition) is 1. The van der Waals surface area contributed by atoms with Crippen molar-refractivity contribution in [2.24, 2.45) is 5.92 Å². The lowest BCUT2D eigenvalue weighted by molar-refractivity contribution is 0.156. The van der Waals surface area contributed by atoms with Crippen LogP contribution in [0.5, 0.6) is 0 Å². The standard InChI is InChI=1S/C11H23NO/c1-10(2)5-3-7-12-8-4-6-11(12)9-13/h10-11,13H,3-9H2,1-2H3/t11-/m0/s1. The van der Waals surface area contributed by atoms with E-state index in [4.69, 9.17) is 5.11 Å². The zero-order valence-corrected chi connectivity index (χ0v) is 9.00. The van der Waals surface area contributed by atoms with Gasteiger partial charge in [0.15, 0.2) is 0 Å². The van der Waals surface area contributed by atoms with Crippen molar-refractivity contribution in [3.8, 4) is 0 Å². The van der Waals surface area contributed by atoms with Crippen LogP contribution in [0.15, 0.2) is 0 Å². The monoisotopic (exact) mass is 185 g/mol. The van der Waals surface area contributed by atoms with Crippen LogP contribution in [0.2, 0.25) is 0 Å². The van der Waals surface area contributed by atoms with E-state index in [0.29, 0.717) is 12.6 Å². The third-order valence-electron chi connectivity index (χ3n) is 2.94. The van der Waals surface area contributed by atoms with E-state index in [1.54, 1.807) is 0 Å². The second-order valence-corrected chi connectivity index (χ2v) is 4.55. The summed E-state index contributed by atoms with van der Waals surface area (Å²) in [5, 5.41) is 9.10. The van der Waals surface area contributed by atoms with Crippen LogP contribution in [-0.2, 0) is 0 Å². The first-order valence-electron chi connectivity index (χ1n) is 5.59. The molecule has 0 aromatic rings. The summed E-state index contributed by atoms with van der Waals surface area (Å²) in [6.45, 7) is 7.27. The van der Waals surface area contributed by atoms with Crippen molar-refractivity contribution in [3.05, 3.63) is 0 Å². The lowest BCUT2D eigenvalue weighted by Crippen LogP contribution is -2.33. The molecule has 0 unspecified atom stereocenters. The molecule has 1 rings (SSSR count).